The molecule has 0 aromatic heterocycles. The van der Waals surface area contributed by atoms with E-state index in [9.17, 15) is 4.79 Å². The zero-order valence-corrected chi connectivity index (χ0v) is 10.9. The van der Waals surface area contributed by atoms with Crippen LogP contribution >= 0.6 is 0 Å². The van der Waals surface area contributed by atoms with E-state index in [2.05, 4.69) is 17.2 Å². The van der Waals surface area contributed by atoms with Gasteiger partial charge in [0.2, 0.25) is 5.91 Å². The second-order valence-electron chi connectivity index (χ2n) is 3.86. The highest BCUT2D eigenvalue weighted by molar-refractivity contribution is 5.84. The Bertz CT molecular complexity index is 405. The summed E-state index contributed by atoms with van der Waals surface area (Å²) < 4.78 is 5.40. The number of benzene rings is 1. The topological polar surface area (TPSA) is 50.4 Å². The van der Waals surface area contributed by atoms with Crippen molar-refractivity contribution in [2.24, 2.45) is 0 Å². The van der Waals surface area contributed by atoms with Gasteiger partial charge < -0.3 is 15.4 Å². The standard InChI is InChI=1S/C14H20N2O2/c1-4-9-15-14(17)11(3)16-12-7-6-8-13(10-12)18-5-2/h4,6-8,10-11,16H,1,5,9H2,2-3H3,(H,15,17). The summed E-state index contributed by atoms with van der Waals surface area (Å²) in [6, 6.07) is 7.25. The van der Waals surface area contributed by atoms with Gasteiger partial charge in [0.25, 0.3) is 0 Å². The SMILES string of the molecule is C=CCNC(=O)C(C)Nc1cccc(OCC)c1. The Morgan fingerprint density at radius 3 is 3.00 bits per heavy atom. The average Bonchev–Trinajstić information content (AvgIpc) is 2.36. The molecule has 0 saturated heterocycles. The lowest BCUT2D eigenvalue weighted by atomic mass is 10.2. The number of carbonyl (C=O) groups is 1. The Balaban J connectivity index is 2.57. The van der Waals surface area contributed by atoms with Crippen LogP contribution in [-0.4, -0.2) is 25.1 Å². The first kappa shape index (κ1) is 14.1. The third kappa shape index (κ3) is 4.49. The highest BCUT2D eigenvalue weighted by Crippen LogP contribution is 2.17. The number of hydrogen-bond donors (Lipinski definition) is 2. The fraction of sp³-hybridized carbons (Fsp3) is 0.357. The lowest BCUT2D eigenvalue weighted by Gasteiger charge is -2.15. The summed E-state index contributed by atoms with van der Waals surface area (Å²) in [6.07, 6.45) is 1.65. The first-order chi connectivity index (χ1) is 8.67. The van der Waals surface area contributed by atoms with Gasteiger partial charge in [-0.1, -0.05) is 12.1 Å². The number of nitrogens with one attached hydrogen (secondary N) is 2. The maximum absolute atomic E-state index is 11.7. The Morgan fingerprint density at radius 1 is 1.56 bits per heavy atom. The molecule has 1 aromatic rings. The van der Waals surface area contributed by atoms with Gasteiger partial charge in [0.15, 0.2) is 0 Å². The molecule has 0 bridgehead atoms. The van der Waals surface area contributed by atoms with E-state index in [1.54, 1.807) is 6.08 Å². The molecule has 0 aliphatic carbocycles. The van der Waals surface area contributed by atoms with Crippen LogP contribution in [0.3, 0.4) is 0 Å². The molecule has 1 amide bonds. The van der Waals surface area contributed by atoms with Crippen LogP contribution in [0, 0.1) is 0 Å². The van der Waals surface area contributed by atoms with Crippen molar-refractivity contribution in [3.05, 3.63) is 36.9 Å². The van der Waals surface area contributed by atoms with Crippen LogP contribution in [0.5, 0.6) is 5.75 Å². The van der Waals surface area contributed by atoms with Gasteiger partial charge in [-0.25, -0.2) is 0 Å². The van der Waals surface area contributed by atoms with Crippen LogP contribution in [0.2, 0.25) is 0 Å². The largest absolute Gasteiger partial charge is 0.494 e. The van der Waals surface area contributed by atoms with E-state index in [0.29, 0.717) is 13.2 Å². The lowest BCUT2D eigenvalue weighted by molar-refractivity contribution is -0.121. The average molecular weight is 248 g/mol. The van der Waals surface area contributed by atoms with E-state index in [1.165, 1.54) is 0 Å². The van der Waals surface area contributed by atoms with Gasteiger partial charge in [0.1, 0.15) is 11.8 Å². The van der Waals surface area contributed by atoms with E-state index < -0.39 is 0 Å². The van der Waals surface area contributed by atoms with Crippen molar-refractivity contribution in [2.75, 3.05) is 18.5 Å². The molecule has 0 radical (unpaired) electrons. The van der Waals surface area contributed by atoms with Gasteiger partial charge in [0.05, 0.1) is 6.61 Å². The molecule has 18 heavy (non-hydrogen) atoms. The second-order valence-corrected chi connectivity index (χ2v) is 3.86. The van der Waals surface area contributed by atoms with Crippen molar-refractivity contribution < 1.29 is 9.53 Å². The van der Waals surface area contributed by atoms with Crippen LogP contribution < -0.4 is 15.4 Å². The number of anilines is 1. The van der Waals surface area contributed by atoms with E-state index in [-0.39, 0.29) is 11.9 Å². The van der Waals surface area contributed by atoms with Crippen LogP contribution in [0.25, 0.3) is 0 Å². The van der Waals surface area contributed by atoms with Crippen LogP contribution in [0.15, 0.2) is 36.9 Å². The van der Waals surface area contributed by atoms with Crippen molar-refractivity contribution in [3.63, 3.8) is 0 Å². The minimum absolute atomic E-state index is 0.0586. The Hall–Kier alpha value is -1.97. The third-order valence-corrected chi connectivity index (χ3v) is 2.34. The van der Waals surface area contributed by atoms with Gasteiger partial charge in [-0.3, -0.25) is 4.79 Å². The highest BCUT2D eigenvalue weighted by atomic mass is 16.5. The fourth-order valence-corrected chi connectivity index (χ4v) is 1.48. The molecule has 0 fully saturated rings. The summed E-state index contributed by atoms with van der Waals surface area (Å²) in [7, 11) is 0. The number of ether oxygens (including phenoxy) is 1. The number of hydrogen-bond acceptors (Lipinski definition) is 3. The molecule has 4 heteroatoms. The molecule has 4 nitrogen and oxygen atoms in total. The minimum Gasteiger partial charge on any atom is -0.494 e. The molecule has 98 valence electrons. The van der Waals surface area contributed by atoms with Crippen molar-refractivity contribution in [3.8, 4) is 5.75 Å². The molecule has 1 atom stereocenters. The maximum Gasteiger partial charge on any atom is 0.242 e. The number of carbonyl (C=O) groups excluding carboxylic acids is 1. The molecule has 1 rings (SSSR count). The van der Waals surface area contributed by atoms with Crippen LogP contribution in [-0.2, 0) is 4.79 Å². The van der Waals surface area contributed by atoms with Gasteiger partial charge in [-0.15, -0.1) is 6.58 Å². The molecular formula is C14H20N2O2. The summed E-state index contributed by atoms with van der Waals surface area (Å²) in [6.45, 7) is 8.40. The van der Waals surface area contributed by atoms with E-state index >= 15 is 0 Å². The molecule has 1 unspecified atom stereocenters. The van der Waals surface area contributed by atoms with Crippen molar-refractivity contribution >= 4 is 11.6 Å². The van der Waals surface area contributed by atoms with E-state index in [0.717, 1.165) is 11.4 Å². The predicted octanol–water partition coefficient (Wildman–Crippen LogP) is 2.19. The molecule has 1 aromatic carbocycles. The van der Waals surface area contributed by atoms with Crippen molar-refractivity contribution in [1.82, 2.24) is 5.32 Å². The summed E-state index contributed by atoms with van der Waals surface area (Å²) in [5.74, 6) is 0.734. The molecule has 0 aliphatic heterocycles. The van der Waals surface area contributed by atoms with Crippen molar-refractivity contribution in [1.29, 1.82) is 0 Å². The summed E-state index contributed by atoms with van der Waals surface area (Å²) in [5.41, 5.74) is 0.863. The first-order valence-corrected chi connectivity index (χ1v) is 6.05. The van der Waals surface area contributed by atoms with Crippen LogP contribution in [0.4, 0.5) is 5.69 Å². The van der Waals surface area contributed by atoms with Gasteiger partial charge in [0, 0.05) is 18.3 Å². The minimum atomic E-state index is -0.304. The monoisotopic (exact) mass is 248 g/mol. The number of amides is 1. The predicted molar refractivity (Wildman–Crippen MR) is 73.9 cm³/mol. The van der Waals surface area contributed by atoms with Gasteiger partial charge >= 0.3 is 0 Å². The third-order valence-electron chi connectivity index (χ3n) is 2.34. The first-order valence-electron chi connectivity index (χ1n) is 6.05. The molecule has 0 spiro atoms. The zero-order chi connectivity index (χ0) is 13.4. The molecule has 2 N–H and O–H groups in total. The Morgan fingerprint density at radius 2 is 2.33 bits per heavy atom. The summed E-state index contributed by atoms with van der Waals surface area (Å²) in [4.78, 5) is 11.7. The van der Waals surface area contributed by atoms with E-state index in [1.807, 2.05) is 38.1 Å². The Labute approximate surface area is 108 Å². The smallest absolute Gasteiger partial charge is 0.242 e. The van der Waals surface area contributed by atoms with E-state index in [4.69, 9.17) is 4.74 Å². The maximum atomic E-state index is 11.7. The quantitative estimate of drug-likeness (QED) is 0.727. The summed E-state index contributed by atoms with van der Waals surface area (Å²) >= 11 is 0. The van der Waals surface area contributed by atoms with Gasteiger partial charge in [-0.2, -0.15) is 0 Å². The lowest BCUT2D eigenvalue weighted by Crippen LogP contribution is -2.37. The van der Waals surface area contributed by atoms with Gasteiger partial charge in [-0.05, 0) is 26.0 Å². The zero-order valence-electron chi connectivity index (χ0n) is 10.9. The summed E-state index contributed by atoms with van der Waals surface area (Å²) in [5, 5.41) is 5.86. The fourth-order valence-electron chi connectivity index (χ4n) is 1.48. The molecule has 0 heterocycles. The molecule has 0 saturated carbocycles. The Kier molecular flexibility index (Phi) is 5.77. The molecular weight excluding hydrogens is 228 g/mol. The molecule has 0 aliphatic rings. The number of rotatable bonds is 7. The second kappa shape index (κ2) is 7.37. The normalized spacial score (nSPS) is 11.4. The van der Waals surface area contributed by atoms with Crippen molar-refractivity contribution in [2.45, 2.75) is 19.9 Å². The highest BCUT2D eigenvalue weighted by Gasteiger charge is 2.11. The van der Waals surface area contributed by atoms with Crippen LogP contribution in [0.1, 0.15) is 13.8 Å².